The Balaban J connectivity index is 1.25. The van der Waals surface area contributed by atoms with Crippen LogP contribution in [0.4, 0.5) is 5.69 Å². The van der Waals surface area contributed by atoms with Gasteiger partial charge in [-0.05, 0) is 54.5 Å². The van der Waals surface area contributed by atoms with E-state index in [0.29, 0.717) is 23.8 Å². The Morgan fingerprint density at radius 3 is 2.72 bits per heavy atom. The highest BCUT2D eigenvalue weighted by Crippen LogP contribution is 2.32. The number of hydrogen-bond donors (Lipinski definition) is 1. The molecule has 1 saturated carbocycles. The number of hydrogen-bond acceptors (Lipinski definition) is 6. The van der Waals surface area contributed by atoms with Crippen LogP contribution in [0.1, 0.15) is 43.9 Å². The van der Waals surface area contributed by atoms with Gasteiger partial charge in [0.25, 0.3) is 0 Å². The summed E-state index contributed by atoms with van der Waals surface area (Å²) >= 11 is 0. The summed E-state index contributed by atoms with van der Waals surface area (Å²) < 4.78 is 5.52. The summed E-state index contributed by atoms with van der Waals surface area (Å²) in [5.74, 6) is 3.23. The van der Waals surface area contributed by atoms with Crippen molar-refractivity contribution in [3.05, 3.63) is 58.0 Å². The van der Waals surface area contributed by atoms with Crippen LogP contribution >= 0.6 is 0 Å². The average Bonchev–Trinajstić information content (AvgIpc) is 3.53. The van der Waals surface area contributed by atoms with E-state index in [9.17, 15) is 4.79 Å². The molecular formula is C27H34N8O. The first-order valence-corrected chi connectivity index (χ1v) is 13.0. The van der Waals surface area contributed by atoms with Crippen molar-refractivity contribution in [3.8, 4) is 11.3 Å². The molecule has 3 aromatic heterocycles. The van der Waals surface area contributed by atoms with E-state index in [4.69, 9.17) is 20.8 Å². The molecule has 0 saturated heterocycles. The lowest BCUT2D eigenvalue weighted by molar-refractivity contribution is 0.201. The zero-order chi connectivity index (χ0) is 25.0. The van der Waals surface area contributed by atoms with Gasteiger partial charge in [0.2, 0.25) is 0 Å². The van der Waals surface area contributed by atoms with Crippen molar-refractivity contribution in [1.29, 1.82) is 0 Å². The zero-order valence-electron chi connectivity index (χ0n) is 21.3. The van der Waals surface area contributed by atoms with Crippen LogP contribution in [0.25, 0.3) is 22.4 Å². The molecule has 1 aromatic carbocycles. The maximum Gasteiger partial charge on any atom is 0.330 e. The summed E-state index contributed by atoms with van der Waals surface area (Å²) in [7, 11) is 1.78. The fourth-order valence-electron chi connectivity index (χ4n) is 5.19. The second-order valence-electron chi connectivity index (χ2n) is 10.8. The van der Waals surface area contributed by atoms with Gasteiger partial charge in [0.1, 0.15) is 5.82 Å². The predicted molar refractivity (Wildman–Crippen MR) is 140 cm³/mol. The van der Waals surface area contributed by atoms with Crippen molar-refractivity contribution in [2.75, 3.05) is 12.3 Å². The number of pyridine rings is 1. The van der Waals surface area contributed by atoms with Gasteiger partial charge in [-0.15, -0.1) is 0 Å². The lowest BCUT2D eigenvalue weighted by Crippen LogP contribution is -2.33. The molecule has 2 N–H and O–H groups in total. The molecule has 4 aromatic rings. The summed E-state index contributed by atoms with van der Waals surface area (Å²) in [5, 5.41) is 4.72. The topological polar surface area (TPSA) is 99.8 Å². The van der Waals surface area contributed by atoms with Crippen LogP contribution in [0, 0.1) is 11.8 Å². The van der Waals surface area contributed by atoms with Gasteiger partial charge < -0.3 is 5.73 Å². The first kappa shape index (κ1) is 23.0. The molecule has 0 bridgehead atoms. The van der Waals surface area contributed by atoms with Gasteiger partial charge in [0.05, 0.1) is 24.3 Å². The van der Waals surface area contributed by atoms with E-state index in [1.54, 1.807) is 11.6 Å². The Labute approximate surface area is 210 Å². The van der Waals surface area contributed by atoms with Crippen LogP contribution in [0.3, 0.4) is 0 Å². The molecule has 0 radical (unpaired) electrons. The van der Waals surface area contributed by atoms with Gasteiger partial charge in [-0.25, -0.2) is 19.4 Å². The van der Waals surface area contributed by atoms with E-state index in [0.717, 1.165) is 66.9 Å². The molecule has 0 amide bonds. The molecule has 0 atom stereocenters. The fourth-order valence-corrected chi connectivity index (χ4v) is 5.19. The third kappa shape index (κ3) is 4.32. The number of rotatable bonds is 7. The number of anilines is 1. The number of aromatic nitrogens is 6. The summed E-state index contributed by atoms with van der Waals surface area (Å²) in [6.07, 6.45) is 3.65. The summed E-state index contributed by atoms with van der Waals surface area (Å²) in [6.45, 7) is 8.30. The number of nitrogens with two attached hydrogens (primary N) is 1. The number of nitrogens with zero attached hydrogens (tertiary/aromatic N) is 7. The highest BCUT2D eigenvalue weighted by atomic mass is 16.1. The number of benzene rings is 1. The molecule has 6 rings (SSSR count). The lowest BCUT2D eigenvalue weighted by atomic mass is 10.0. The monoisotopic (exact) mass is 486 g/mol. The van der Waals surface area contributed by atoms with Crippen molar-refractivity contribution >= 4 is 16.9 Å². The number of aryl methyl sites for hydroxylation is 1. The minimum Gasteiger partial charge on any atom is -0.398 e. The van der Waals surface area contributed by atoms with Crippen LogP contribution in [-0.2, 0) is 39.6 Å². The Morgan fingerprint density at radius 1 is 1.11 bits per heavy atom. The van der Waals surface area contributed by atoms with Crippen LogP contribution in [0.15, 0.2) is 35.1 Å². The summed E-state index contributed by atoms with van der Waals surface area (Å²) in [5.41, 5.74) is 11.4. The maximum absolute atomic E-state index is 12.8. The minimum atomic E-state index is -0.0386. The van der Waals surface area contributed by atoms with Gasteiger partial charge in [-0.3, -0.25) is 14.0 Å². The number of fused-ring (bicyclic) bond motifs is 2. The molecule has 4 heterocycles. The normalized spacial score (nSPS) is 16.2. The summed E-state index contributed by atoms with van der Waals surface area (Å²) in [6, 6.07) is 10.1. The van der Waals surface area contributed by atoms with E-state index in [-0.39, 0.29) is 5.69 Å². The zero-order valence-corrected chi connectivity index (χ0v) is 21.3. The molecule has 0 unspecified atom stereocenters. The standard InChI is InChI=1S/C27H34N8O/c1-17(2)14-34-23-9-8-22(29-26(23)32(3)27(34)36)20-12-19(6-7-21(20)28)15-33-10-11-35-25(16-33)30-24(31-35)13-18-4-5-18/h6-9,12,17-18H,4-5,10-11,13-16,28H2,1-3H3. The molecule has 9 nitrogen and oxygen atoms in total. The number of imidazole rings is 1. The van der Waals surface area contributed by atoms with Crippen molar-refractivity contribution in [3.63, 3.8) is 0 Å². The van der Waals surface area contributed by atoms with Crippen LogP contribution in [0.2, 0.25) is 0 Å². The van der Waals surface area contributed by atoms with Crippen LogP contribution < -0.4 is 11.4 Å². The molecule has 2 aliphatic rings. The maximum atomic E-state index is 12.8. The fraction of sp³-hybridized carbons (Fsp3) is 0.481. The summed E-state index contributed by atoms with van der Waals surface area (Å²) in [4.78, 5) is 24.9. The highest BCUT2D eigenvalue weighted by molar-refractivity contribution is 5.80. The first-order valence-electron chi connectivity index (χ1n) is 13.0. The third-order valence-corrected chi connectivity index (χ3v) is 7.28. The molecular weight excluding hydrogens is 452 g/mol. The van der Waals surface area contributed by atoms with Crippen molar-refractivity contribution in [2.24, 2.45) is 18.9 Å². The van der Waals surface area contributed by atoms with E-state index in [2.05, 4.69) is 35.6 Å². The Bertz CT molecular complexity index is 1490. The van der Waals surface area contributed by atoms with Crippen molar-refractivity contribution in [2.45, 2.75) is 59.3 Å². The average molecular weight is 487 g/mol. The Morgan fingerprint density at radius 2 is 1.94 bits per heavy atom. The highest BCUT2D eigenvalue weighted by Gasteiger charge is 2.26. The largest absolute Gasteiger partial charge is 0.398 e. The Hall–Kier alpha value is -3.46. The number of nitrogen functional groups attached to an aromatic ring is 1. The molecule has 1 aliphatic carbocycles. The van der Waals surface area contributed by atoms with E-state index >= 15 is 0 Å². The molecule has 0 spiro atoms. The van der Waals surface area contributed by atoms with E-state index < -0.39 is 0 Å². The molecule has 9 heteroatoms. The molecule has 188 valence electrons. The van der Waals surface area contributed by atoms with Gasteiger partial charge in [0.15, 0.2) is 11.5 Å². The molecule has 1 fully saturated rings. The van der Waals surface area contributed by atoms with Crippen LogP contribution in [-0.4, -0.2) is 40.3 Å². The second-order valence-corrected chi connectivity index (χ2v) is 10.8. The minimum absolute atomic E-state index is 0.0386. The lowest BCUT2D eigenvalue weighted by Gasteiger charge is -2.26. The van der Waals surface area contributed by atoms with Crippen LogP contribution in [0.5, 0.6) is 0 Å². The third-order valence-electron chi connectivity index (χ3n) is 7.28. The second kappa shape index (κ2) is 8.89. The predicted octanol–water partition coefficient (Wildman–Crippen LogP) is 3.20. The van der Waals surface area contributed by atoms with Gasteiger partial charge in [0, 0.05) is 44.4 Å². The van der Waals surface area contributed by atoms with Gasteiger partial charge in [-0.2, -0.15) is 5.10 Å². The van der Waals surface area contributed by atoms with E-state index in [1.165, 1.54) is 18.4 Å². The SMILES string of the molecule is CC(C)Cn1c(=O)n(C)c2nc(-c3cc(CN4CCn5nc(CC6CC6)nc5C4)ccc3N)ccc21. The molecule has 36 heavy (non-hydrogen) atoms. The smallest absolute Gasteiger partial charge is 0.330 e. The van der Waals surface area contributed by atoms with E-state index in [1.807, 2.05) is 22.8 Å². The molecule has 1 aliphatic heterocycles. The van der Waals surface area contributed by atoms with Crippen molar-refractivity contribution < 1.29 is 0 Å². The quantitative estimate of drug-likeness (QED) is 0.403. The van der Waals surface area contributed by atoms with Gasteiger partial charge >= 0.3 is 5.69 Å². The van der Waals surface area contributed by atoms with Crippen molar-refractivity contribution in [1.82, 2.24) is 33.8 Å². The Kier molecular flexibility index (Phi) is 5.67. The van der Waals surface area contributed by atoms with Gasteiger partial charge in [-0.1, -0.05) is 19.9 Å². The first-order chi connectivity index (χ1) is 17.4.